The molecule has 1 aromatic carbocycles. The first kappa shape index (κ1) is 15.0. The van der Waals surface area contributed by atoms with Gasteiger partial charge < -0.3 is 5.11 Å². The Labute approximate surface area is 121 Å². The number of rotatable bonds is 5. The summed E-state index contributed by atoms with van der Waals surface area (Å²) >= 11 is 0. The quantitative estimate of drug-likeness (QED) is 0.893. The molecular weight excluding hydrogens is 250 g/mol. The van der Waals surface area contributed by atoms with E-state index in [1.807, 2.05) is 13.0 Å². The van der Waals surface area contributed by atoms with Gasteiger partial charge >= 0.3 is 5.97 Å². The average molecular weight is 275 g/mol. The molecule has 0 amide bonds. The van der Waals surface area contributed by atoms with Crippen LogP contribution < -0.4 is 0 Å². The van der Waals surface area contributed by atoms with Crippen molar-refractivity contribution in [2.75, 3.05) is 13.1 Å². The van der Waals surface area contributed by atoms with Crippen LogP contribution in [-0.4, -0.2) is 29.1 Å². The predicted molar refractivity (Wildman–Crippen MR) is 80.6 cm³/mol. The van der Waals surface area contributed by atoms with E-state index in [0.717, 1.165) is 13.0 Å². The van der Waals surface area contributed by atoms with Crippen LogP contribution in [0.15, 0.2) is 30.3 Å². The summed E-state index contributed by atoms with van der Waals surface area (Å²) in [5.74, 6) is -0.170. The SMILES string of the molecule is CCC1(C(=O)O)CCN(C(c2ccccc2)C(C)C)C1. The number of carboxylic acids is 1. The summed E-state index contributed by atoms with van der Waals surface area (Å²) in [5, 5.41) is 9.55. The van der Waals surface area contributed by atoms with Crippen molar-refractivity contribution in [3.63, 3.8) is 0 Å². The summed E-state index contributed by atoms with van der Waals surface area (Å²) in [6.45, 7) is 7.95. The molecule has 1 aromatic rings. The van der Waals surface area contributed by atoms with Crippen LogP contribution in [0.25, 0.3) is 0 Å². The molecule has 1 heterocycles. The molecule has 2 atom stereocenters. The molecule has 1 N–H and O–H groups in total. The van der Waals surface area contributed by atoms with Crippen molar-refractivity contribution < 1.29 is 9.90 Å². The number of nitrogens with zero attached hydrogens (tertiary/aromatic N) is 1. The van der Waals surface area contributed by atoms with Gasteiger partial charge in [0.1, 0.15) is 0 Å². The van der Waals surface area contributed by atoms with Crippen molar-refractivity contribution in [2.45, 2.75) is 39.7 Å². The molecule has 1 aliphatic rings. The summed E-state index contributed by atoms with van der Waals surface area (Å²) in [5.41, 5.74) is 0.738. The van der Waals surface area contributed by atoms with Crippen molar-refractivity contribution in [1.82, 2.24) is 4.90 Å². The van der Waals surface area contributed by atoms with E-state index < -0.39 is 11.4 Å². The molecular formula is C17H25NO2. The minimum Gasteiger partial charge on any atom is -0.481 e. The molecule has 20 heavy (non-hydrogen) atoms. The third-order valence-corrected chi connectivity index (χ3v) is 4.68. The molecule has 0 aromatic heterocycles. The van der Waals surface area contributed by atoms with Crippen LogP contribution in [0.4, 0.5) is 0 Å². The Morgan fingerprint density at radius 2 is 2.00 bits per heavy atom. The third kappa shape index (κ3) is 2.73. The summed E-state index contributed by atoms with van der Waals surface area (Å²) in [4.78, 5) is 14.0. The van der Waals surface area contributed by atoms with E-state index in [-0.39, 0.29) is 0 Å². The summed E-state index contributed by atoms with van der Waals surface area (Å²) in [6.07, 6.45) is 1.47. The fourth-order valence-electron chi connectivity index (χ4n) is 3.42. The van der Waals surface area contributed by atoms with Crippen LogP contribution in [0.3, 0.4) is 0 Å². The zero-order valence-corrected chi connectivity index (χ0v) is 12.7. The van der Waals surface area contributed by atoms with Gasteiger partial charge in [0.2, 0.25) is 0 Å². The van der Waals surface area contributed by atoms with E-state index in [2.05, 4.69) is 43.0 Å². The highest BCUT2D eigenvalue weighted by Crippen LogP contribution is 2.40. The smallest absolute Gasteiger partial charge is 0.310 e. The van der Waals surface area contributed by atoms with Crippen LogP contribution >= 0.6 is 0 Å². The van der Waals surface area contributed by atoms with E-state index >= 15 is 0 Å². The van der Waals surface area contributed by atoms with Gasteiger partial charge in [-0.15, -0.1) is 0 Å². The fraction of sp³-hybridized carbons (Fsp3) is 0.588. The van der Waals surface area contributed by atoms with E-state index in [1.165, 1.54) is 5.56 Å². The number of carboxylic acid groups (broad SMARTS) is 1. The minimum absolute atomic E-state index is 0.309. The monoisotopic (exact) mass is 275 g/mol. The Hall–Kier alpha value is -1.35. The highest BCUT2D eigenvalue weighted by atomic mass is 16.4. The highest BCUT2D eigenvalue weighted by molar-refractivity contribution is 5.75. The number of carbonyl (C=O) groups is 1. The molecule has 0 saturated carbocycles. The van der Waals surface area contributed by atoms with Gasteiger partial charge in [0.05, 0.1) is 5.41 Å². The van der Waals surface area contributed by atoms with Gasteiger partial charge in [0.25, 0.3) is 0 Å². The number of likely N-dealkylation sites (tertiary alicyclic amines) is 1. The Kier molecular flexibility index (Phi) is 4.48. The number of hydrogen-bond acceptors (Lipinski definition) is 2. The maximum absolute atomic E-state index is 11.6. The van der Waals surface area contributed by atoms with Crippen LogP contribution in [0.1, 0.15) is 45.2 Å². The number of hydrogen-bond donors (Lipinski definition) is 1. The summed E-state index contributed by atoms with van der Waals surface area (Å²) < 4.78 is 0. The molecule has 3 nitrogen and oxygen atoms in total. The van der Waals surface area contributed by atoms with Crippen LogP contribution in [0, 0.1) is 11.3 Å². The third-order valence-electron chi connectivity index (χ3n) is 4.68. The van der Waals surface area contributed by atoms with Gasteiger partial charge in [-0.25, -0.2) is 0 Å². The Balaban J connectivity index is 2.23. The second-order valence-electron chi connectivity index (χ2n) is 6.26. The van der Waals surface area contributed by atoms with E-state index in [4.69, 9.17) is 0 Å². The molecule has 1 saturated heterocycles. The van der Waals surface area contributed by atoms with Gasteiger partial charge in [-0.2, -0.15) is 0 Å². The standard InChI is InChI=1S/C17H25NO2/c1-4-17(16(19)20)10-11-18(12-17)15(13(2)3)14-8-6-5-7-9-14/h5-9,13,15H,4,10-12H2,1-3H3,(H,19,20). The van der Waals surface area contributed by atoms with Crippen molar-refractivity contribution >= 4 is 5.97 Å². The molecule has 110 valence electrons. The zero-order chi connectivity index (χ0) is 14.8. The minimum atomic E-state index is -0.641. The summed E-state index contributed by atoms with van der Waals surface area (Å²) in [7, 11) is 0. The van der Waals surface area contributed by atoms with Crippen molar-refractivity contribution in [2.24, 2.45) is 11.3 Å². The lowest BCUT2D eigenvalue weighted by molar-refractivity contribution is -0.148. The van der Waals surface area contributed by atoms with Crippen molar-refractivity contribution in [3.8, 4) is 0 Å². The second-order valence-corrected chi connectivity index (χ2v) is 6.26. The van der Waals surface area contributed by atoms with Crippen LogP contribution in [-0.2, 0) is 4.79 Å². The van der Waals surface area contributed by atoms with Crippen LogP contribution in [0.5, 0.6) is 0 Å². The topological polar surface area (TPSA) is 40.5 Å². The van der Waals surface area contributed by atoms with Gasteiger partial charge in [0, 0.05) is 12.6 Å². The van der Waals surface area contributed by atoms with Gasteiger partial charge in [0.15, 0.2) is 0 Å². The number of benzene rings is 1. The normalized spacial score (nSPS) is 25.0. The number of aliphatic carboxylic acids is 1. The zero-order valence-electron chi connectivity index (χ0n) is 12.7. The van der Waals surface area contributed by atoms with Gasteiger partial charge in [-0.1, -0.05) is 51.1 Å². The first-order valence-corrected chi connectivity index (χ1v) is 7.52. The highest BCUT2D eigenvalue weighted by Gasteiger charge is 2.45. The van der Waals surface area contributed by atoms with Crippen LogP contribution in [0.2, 0.25) is 0 Å². The summed E-state index contributed by atoms with van der Waals surface area (Å²) in [6, 6.07) is 10.8. The Bertz CT molecular complexity index is 457. The molecule has 0 spiro atoms. The maximum atomic E-state index is 11.6. The lowest BCUT2D eigenvalue weighted by Gasteiger charge is -2.33. The van der Waals surface area contributed by atoms with E-state index in [1.54, 1.807) is 0 Å². The Morgan fingerprint density at radius 3 is 2.45 bits per heavy atom. The van der Waals surface area contributed by atoms with Crippen molar-refractivity contribution in [3.05, 3.63) is 35.9 Å². The second kappa shape index (κ2) is 5.96. The first-order chi connectivity index (χ1) is 9.50. The average Bonchev–Trinajstić information content (AvgIpc) is 2.85. The predicted octanol–water partition coefficient (Wildman–Crippen LogP) is 3.57. The molecule has 2 unspecified atom stereocenters. The molecule has 0 bridgehead atoms. The molecule has 1 fully saturated rings. The van der Waals surface area contributed by atoms with E-state index in [9.17, 15) is 9.90 Å². The van der Waals surface area contributed by atoms with Gasteiger partial charge in [-0.3, -0.25) is 9.69 Å². The van der Waals surface area contributed by atoms with Crippen molar-refractivity contribution in [1.29, 1.82) is 0 Å². The first-order valence-electron chi connectivity index (χ1n) is 7.52. The largest absolute Gasteiger partial charge is 0.481 e. The molecule has 3 heteroatoms. The van der Waals surface area contributed by atoms with Gasteiger partial charge in [-0.05, 0) is 30.9 Å². The molecule has 2 rings (SSSR count). The molecule has 1 aliphatic heterocycles. The fourth-order valence-corrected chi connectivity index (χ4v) is 3.42. The lowest BCUT2D eigenvalue weighted by atomic mass is 9.84. The lowest BCUT2D eigenvalue weighted by Crippen LogP contribution is -2.36. The molecule has 0 radical (unpaired) electrons. The maximum Gasteiger partial charge on any atom is 0.310 e. The molecule has 0 aliphatic carbocycles. The van der Waals surface area contributed by atoms with E-state index in [0.29, 0.717) is 24.9 Å². The Morgan fingerprint density at radius 1 is 1.35 bits per heavy atom.